The fraction of sp³-hybridized carbons (Fsp3) is 0.158. The molecule has 3 aromatic rings. The van der Waals surface area contributed by atoms with Gasteiger partial charge in [-0.15, -0.1) is 0 Å². The van der Waals surface area contributed by atoms with Gasteiger partial charge in [-0.1, -0.05) is 42.5 Å². The molecule has 0 saturated heterocycles. The first-order chi connectivity index (χ1) is 11.1. The summed E-state index contributed by atoms with van der Waals surface area (Å²) >= 11 is 0. The van der Waals surface area contributed by atoms with Gasteiger partial charge in [0.05, 0.1) is 0 Å². The number of aromatic nitrogens is 1. The van der Waals surface area contributed by atoms with E-state index in [1.165, 1.54) is 10.8 Å². The maximum absolute atomic E-state index is 9.88. The predicted octanol–water partition coefficient (Wildman–Crippen LogP) is -0.726. The maximum atomic E-state index is 9.88. The van der Waals surface area contributed by atoms with Crippen molar-refractivity contribution in [3.63, 3.8) is 0 Å². The quantitative estimate of drug-likeness (QED) is 0.486. The molecule has 0 aliphatic heterocycles. The van der Waals surface area contributed by atoms with Crippen LogP contribution in [0, 0.1) is 6.92 Å². The number of hydrogen-bond acceptors (Lipinski definition) is 3. The van der Waals surface area contributed by atoms with Gasteiger partial charge in [-0.3, -0.25) is 4.84 Å². The number of benzene rings is 2. The average molecular weight is 343 g/mol. The number of hydrogen-bond donors (Lipinski definition) is 2. The lowest BCUT2D eigenvalue weighted by Gasteiger charge is -2.04. The van der Waals surface area contributed by atoms with Crippen LogP contribution in [0.25, 0.3) is 10.8 Å². The smallest absolute Gasteiger partial charge is 0.251 e. The Kier molecular flexibility index (Phi) is 5.77. The summed E-state index contributed by atoms with van der Waals surface area (Å²) < 4.78 is 0. The van der Waals surface area contributed by atoms with Gasteiger partial charge in [0.15, 0.2) is 12.3 Å². The van der Waals surface area contributed by atoms with Gasteiger partial charge >= 0.3 is 0 Å². The molecule has 0 aliphatic rings. The van der Waals surface area contributed by atoms with E-state index in [2.05, 4.69) is 28.3 Å². The SMILES string of the molecule is CC(=[NH+]OCc1cccc2ccccc12)c1nc(C)ccc1O.[Cl-]. The van der Waals surface area contributed by atoms with Crippen LogP contribution in [0.2, 0.25) is 0 Å². The normalized spacial score (nSPS) is 11.2. The summed E-state index contributed by atoms with van der Waals surface area (Å²) in [4.78, 5) is 9.92. The molecule has 0 spiro atoms. The number of rotatable bonds is 4. The molecule has 0 atom stereocenters. The van der Waals surface area contributed by atoms with E-state index < -0.39 is 0 Å². The van der Waals surface area contributed by atoms with Gasteiger partial charge < -0.3 is 17.5 Å². The highest BCUT2D eigenvalue weighted by Crippen LogP contribution is 2.18. The summed E-state index contributed by atoms with van der Waals surface area (Å²) in [5.41, 5.74) is 3.12. The molecule has 5 heteroatoms. The molecule has 124 valence electrons. The van der Waals surface area contributed by atoms with Crippen molar-refractivity contribution >= 4 is 16.5 Å². The van der Waals surface area contributed by atoms with Crippen molar-refractivity contribution in [1.82, 2.24) is 4.98 Å². The van der Waals surface area contributed by atoms with Gasteiger partial charge in [-0.05, 0) is 35.0 Å². The highest BCUT2D eigenvalue weighted by Gasteiger charge is 2.13. The Morgan fingerprint density at radius 2 is 1.83 bits per heavy atom. The molecule has 4 nitrogen and oxygen atoms in total. The van der Waals surface area contributed by atoms with Crippen molar-refractivity contribution < 1.29 is 27.5 Å². The van der Waals surface area contributed by atoms with E-state index in [0.29, 0.717) is 18.0 Å². The van der Waals surface area contributed by atoms with Crippen LogP contribution in [0.3, 0.4) is 0 Å². The molecule has 0 bridgehead atoms. The van der Waals surface area contributed by atoms with Crippen LogP contribution in [0.15, 0.2) is 54.6 Å². The number of nitrogens with zero attached hydrogens (tertiary/aromatic N) is 1. The standard InChI is InChI=1S/C19H18N2O2.ClH/c1-13-10-11-18(22)19(20-13)14(2)21-23-12-16-8-5-7-15-6-3-4-9-17(15)16;/h3-11,22H,12H2,1-2H3;1H. The molecule has 2 aromatic carbocycles. The molecule has 0 radical (unpaired) electrons. The monoisotopic (exact) mass is 342 g/mol. The lowest BCUT2D eigenvalue weighted by molar-refractivity contribution is -0.758. The summed E-state index contributed by atoms with van der Waals surface area (Å²) in [7, 11) is 0. The minimum atomic E-state index is 0. The third-order valence-electron chi connectivity index (χ3n) is 3.70. The van der Waals surface area contributed by atoms with Crippen LogP contribution in [-0.2, 0) is 11.4 Å². The molecule has 3 rings (SSSR count). The van der Waals surface area contributed by atoms with E-state index >= 15 is 0 Å². The first kappa shape index (κ1) is 17.8. The van der Waals surface area contributed by atoms with Crippen LogP contribution in [0.4, 0.5) is 0 Å². The van der Waals surface area contributed by atoms with E-state index in [1.807, 2.05) is 38.1 Å². The number of halogens is 1. The molecule has 24 heavy (non-hydrogen) atoms. The summed E-state index contributed by atoms with van der Waals surface area (Å²) in [5.74, 6) is 0.134. The topological polar surface area (TPSA) is 56.3 Å². The van der Waals surface area contributed by atoms with E-state index in [0.717, 1.165) is 11.3 Å². The van der Waals surface area contributed by atoms with Crippen molar-refractivity contribution in [2.24, 2.45) is 0 Å². The lowest BCUT2D eigenvalue weighted by atomic mass is 10.1. The van der Waals surface area contributed by atoms with E-state index in [1.54, 1.807) is 12.1 Å². The summed E-state index contributed by atoms with van der Waals surface area (Å²) in [6, 6.07) is 17.7. The van der Waals surface area contributed by atoms with Crippen molar-refractivity contribution in [2.75, 3.05) is 0 Å². The van der Waals surface area contributed by atoms with Gasteiger partial charge in [0.2, 0.25) is 0 Å². The second-order valence-electron chi connectivity index (χ2n) is 5.47. The fourth-order valence-electron chi connectivity index (χ4n) is 2.51. The van der Waals surface area contributed by atoms with Crippen molar-refractivity contribution in [3.8, 4) is 5.75 Å². The lowest BCUT2D eigenvalue weighted by Crippen LogP contribution is -3.00. The summed E-state index contributed by atoms with van der Waals surface area (Å²) in [6.07, 6.45) is 0. The van der Waals surface area contributed by atoms with E-state index in [-0.39, 0.29) is 18.2 Å². The Bertz CT molecular complexity index is 873. The minimum Gasteiger partial charge on any atom is -1.00 e. The molecule has 0 aliphatic carbocycles. The van der Waals surface area contributed by atoms with Crippen LogP contribution >= 0.6 is 0 Å². The Balaban J connectivity index is 0.00000208. The number of fused-ring (bicyclic) bond motifs is 1. The zero-order valence-electron chi connectivity index (χ0n) is 13.6. The second-order valence-corrected chi connectivity index (χ2v) is 5.47. The number of aryl methyl sites for hydroxylation is 1. The first-order valence-corrected chi connectivity index (χ1v) is 7.50. The third-order valence-corrected chi connectivity index (χ3v) is 3.70. The zero-order valence-corrected chi connectivity index (χ0v) is 14.3. The largest absolute Gasteiger partial charge is 1.00 e. The van der Waals surface area contributed by atoms with Gasteiger partial charge in [0, 0.05) is 18.2 Å². The zero-order chi connectivity index (χ0) is 16.2. The average Bonchev–Trinajstić information content (AvgIpc) is 2.57. The van der Waals surface area contributed by atoms with E-state index in [9.17, 15) is 5.11 Å². The van der Waals surface area contributed by atoms with E-state index in [4.69, 9.17) is 4.84 Å². The molecule has 0 unspecified atom stereocenters. The molecule has 0 fully saturated rings. The first-order valence-electron chi connectivity index (χ1n) is 7.50. The summed E-state index contributed by atoms with van der Waals surface area (Å²) in [5, 5.41) is 15.1. The third kappa shape index (κ3) is 3.84. The van der Waals surface area contributed by atoms with Gasteiger partial charge in [0.1, 0.15) is 5.75 Å². The molecule has 1 heterocycles. The number of aromatic hydroxyl groups is 1. The van der Waals surface area contributed by atoms with Gasteiger partial charge in [-0.25, -0.2) is 4.98 Å². The van der Waals surface area contributed by atoms with Crippen molar-refractivity contribution in [3.05, 3.63) is 71.5 Å². The highest BCUT2D eigenvalue weighted by molar-refractivity contribution is 5.94. The molecule has 0 saturated carbocycles. The van der Waals surface area contributed by atoms with Gasteiger partial charge in [0.25, 0.3) is 5.71 Å². The Morgan fingerprint density at radius 1 is 1.08 bits per heavy atom. The highest BCUT2D eigenvalue weighted by atomic mass is 35.5. The number of nitrogens with one attached hydrogen (secondary N) is 1. The van der Waals surface area contributed by atoms with Crippen LogP contribution in [0.1, 0.15) is 23.9 Å². The molecular formula is C19H19ClN2O2. The second kappa shape index (κ2) is 7.79. The maximum Gasteiger partial charge on any atom is 0.251 e. The predicted molar refractivity (Wildman–Crippen MR) is 90.1 cm³/mol. The molecule has 2 N–H and O–H groups in total. The van der Waals surface area contributed by atoms with Crippen LogP contribution in [-0.4, -0.2) is 15.8 Å². The molecule has 0 amide bonds. The Morgan fingerprint density at radius 3 is 2.67 bits per heavy atom. The molecule has 1 aromatic heterocycles. The summed E-state index contributed by atoms with van der Waals surface area (Å²) in [6.45, 7) is 4.13. The molecular weight excluding hydrogens is 324 g/mol. The fourth-order valence-corrected chi connectivity index (χ4v) is 2.51. The Labute approximate surface area is 147 Å². The van der Waals surface area contributed by atoms with Crippen molar-refractivity contribution in [2.45, 2.75) is 20.5 Å². The van der Waals surface area contributed by atoms with Crippen LogP contribution in [0.5, 0.6) is 5.75 Å². The number of pyridine rings is 1. The minimum absolute atomic E-state index is 0. The van der Waals surface area contributed by atoms with Crippen molar-refractivity contribution in [1.29, 1.82) is 0 Å². The Hall–Kier alpha value is -2.59. The van der Waals surface area contributed by atoms with Gasteiger partial charge in [-0.2, -0.15) is 0 Å². The van der Waals surface area contributed by atoms with Crippen LogP contribution < -0.4 is 17.6 Å².